The molecule has 0 radical (unpaired) electrons. The van der Waals surface area contributed by atoms with E-state index in [1.165, 1.54) is 32.1 Å². The van der Waals surface area contributed by atoms with Crippen LogP contribution in [0.5, 0.6) is 0 Å². The quantitative estimate of drug-likeness (QED) is 0.517. The number of hydrogen-bond donors (Lipinski definition) is 0. The minimum atomic E-state index is -0.427. The first kappa shape index (κ1) is 21.3. The summed E-state index contributed by atoms with van der Waals surface area (Å²) in [4.78, 5) is 14.1. The maximum atomic E-state index is 12.2. The second-order valence-electron chi connectivity index (χ2n) is 8.16. The number of nitrogens with zero attached hydrogens (tertiary/aromatic N) is 1. The molecule has 1 rings (SSSR count). The molecule has 0 atom stereocenters. The molecular formula is C20H39NO3. The number of carbonyl (C=O) groups excluding carboxylic acids is 1. The number of likely N-dealkylation sites (tertiary alicyclic amines) is 1. The zero-order valence-corrected chi connectivity index (χ0v) is 16.7. The lowest BCUT2D eigenvalue weighted by atomic mass is 9.86. The van der Waals surface area contributed by atoms with Gasteiger partial charge in [0.15, 0.2) is 0 Å². The van der Waals surface area contributed by atoms with Crippen LogP contribution in [0.3, 0.4) is 0 Å². The van der Waals surface area contributed by atoms with Crippen molar-refractivity contribution in [2.24, 2.45) is 0 Å². The van der Waals surface area contributed by atoms with Crippen LogP contribution in [-0.2, 0) is 9.47 Å². The van der Waals surface area contributed by atoms with Crippen LogP contribution < -0.4 is 0 Å². The lowest BCUT2D eigenvalue weighted by Crippen LogP contribution is -2.49. The highest BCUT2D eigenvalue weighted by Crippen LogP contribution is 2.33. The Morgan fingerprint density at radius 2 is 1.58 bits per heavy atom. The second-order valence-corrected chi connectivity index (χ2v) is 8.16. The van der Waals surface area contributed by atoms with Gasteiger partial charge in [0.25, 0.3) is 0 Å². The van der Waals surface area contributed by atoms with Crippen LogP contribution in [0.2, 0.25) is 0 Å². The summed E-state index contributed by atoms with van der Waals surface area (Å²) in [5.41, 5.74) is -0.454. The molecule has 0 bridgehead atoms. The minimum absolute atomic E-state index is 0.0264. The molecule has 1 fully saturated rings. The third kappa shape index (κ3) is 7.87. The van der Waals surface area contributed by atoms with Gasteiger partial charge in [0.2, 0.25) is 0 Å². The predicted octanol–water partition coefficient (Wildman–Crippen LogP) is 5.54. The number of hydrogen-bond acceptors (Lipinski definition) is 3. The van der Waals surface area contributed by atoms with E-state index >= 15 is 0 Å². The Morgan fingerprint density at radius 1 is 1.00 bits per heavy atom. The molecule has 0 spiro atoms. The van der Waals surface area contributed by atoms with Crippen molar-refractivity contribution in [2.75, 3.05) is 19.7 Å². The molecule has 0 saturated carbocycles. The smallest absolute Gasteiger partial charge is 0.410 e. The van der Waals surface area contributed by atoms with Crippen molar-refractivity contribution in [1.82, 2.24) is 4.90 Å². The molecule has 1 heterocycles. The summed E-state index contributed by atoms with van der Waals surface area (Å²) in [5.74, 6) is 0. The van der Waals surface area contributed by atoms with Gasteiger partial charge in [-0.1, -0.05) is 46.0 Å². The van der Waals surface area contributed by atoms with Gasteiger partial charge < -0.3 is 14.4 Å². The van der Waals surface area contributed by atoms with Crippen molar-refractivity contribution in [3.63, 3.8) is 0 Å². The number of rotatable bonds is 9. The number of amides is 1. The first-order chi connectivity index (χ1) is 11.3. The van der Waals surface area contributed by atoms with Crippen LogP contribution in [0, 0.1) is 0 Å². The van der Waals surface area contributed by atoms with E-state index in [0.717, 1.165) is 45.4 Å². The van der Waals surface area contributed by atoms with E-state index in [-0.39, 0.29) is 11.7 Å². The van der Waals surface area contributed by atoms with Crippen molar-refractivity contribution >= 4 is 6.09 Å². The average molecular weight is 342 g/mol. The van der Waals surface area contributed by atoms with Crippen molar-refractivity contribution in [1.29, 1.82) is 0 Å². The highest BCUT2D eigenvalue weighted by atomic mass is 16.6. The molecule has 0 N–H and O–H groups in total. The molecule has 1 saturated heterocycles. The summed E-state index contributed by atoms with van der Waals surface area (Å²) in [6, 6.07) is 0. The zero-order chi connectivity index (χ0) is 18.1. The van der Waals surface area contributed by atoms with E-state index in [1.54, 1.807) is 0 Å². The molecule has 0 aromatic carbocycles. The molecule has 0 aromatic heterocycles. The molecule has 24 heavy (non-hydrogen) atoms. The molecule has 1 aliphatic heterocycles. The van der Waals surface area contributed by atoms with Crippen LogP contribution in [0.25, 0.3) is 0 Å². The van der Waals surface area contributed by atoms with Gasteiger partial charge in [-0.3, -0.25) is 0 Å². The summed E-state index contributed by atoms with van der Waals surface area (Å²) in [6.45, 7) is 12.6. The van der Waals surface area contributed by atoms with Crippen LogP contribution in [0.1, 0.15) is 92.4 Å². The highest BCUT2D eigenvalue weighted by molar-refractivity contribution is 5.68. The number of ether oxygens (including phenoxy) is 2. The minimum Gasteiger partial charge on any atom is -0.444 e. The Kier molecular flexibility index (Phi) is 9.11. The van der Waals surface area contributed by atoms with Crippen LogP contribution >= 0.6 is 0 Å². The van der Waals surface area contributed by atoms with Crippen molar-refractivity contribution < 1.29 is 14.3 Å². The molecule has 0 unspecified atom stereocenters. The van der Waals surface area contributed by atoms with E-state index in [0.29, 0.717) is 0 Å². The predicted molar refractivity (Wildman–Crippen MR) is 99.4 cm³/mol. The monoisotopic (exact) mass is 341 g/mol. The number of unbranched alkanes of at least 4 members (excludes halogenated alkanes) is 4. The van der Waals surface area contributed by atoms with E-state index in [9.17, 15) is 4.79 Å². The van der Waals surface area contributed by atoms with E-state index < -0.39 is 5.60 Å². The van der Waals surface area contributed by atoms with E-state index in [2.05, 4.69) is 13.8 Å². The van der Waals surface area contributed by atoms with E-state index in [4.69, 9.17) is 9.47 Å². The molecule has 142 valence electrons. The first-order valence-corrected chi connectivity index (χ1v) is 9.94. The molecule has 1 amide bonds. The first-order valence-electron chi connectivity index (χ1n) is 9.94. The zero-order valence-electron chi connectivity index (χ0n) is 16.7. The SMILES string of the molecule is CCCCCOC1(CCCCC)CCN(C(=O)OC(C)(C)C)CC1. The largest absolute Gasteiger partial charge is 0.444 e. The molecule has 4 nitrogen and oxygen atoms in total. The molecule has 0 aliphatic carbocycles. The standard InChI is InChI=1S/C20H39NO3/c1-6-8-10-12-20(23-17-11-9-7-2)13-15-21(16-14-20)18(22)24-19(3,4)5/h6-17H2,1-5H3. The van der Waals surface area contributed by atoms with Crippen LogP contribution in [0.4, 0.5) is 4.79 Å². The van der Waals surface area contributed by atoms with Gasteiger partial charge in [0.05, 0.1) is 5.60 Å². The third-order valence-corrected chi connectivity index (χ3v) is 4.72. The fourth-order valence-electron chi connectivity index (χ4n) is 3.23. The maximum Gasteiger partial charge on any atom is 0.410 e. The van der Waals surface area contributed by atoms with Gasteiger partial charge in [0, 0.05) is 19.7 Å². The third-order valence-electron chi connectivity index (χ3n) is 4.72. The fraction of sp³-hybridized carbons (Fsp3) is 0.950. The van der Waals surface area contributed by atoms with Crippen molar-refractivity contribution in [3.05, 3.63) is 0 Å². The molecule has 1 aliphatic rings. The van der Waals surface area contributed by atoms with Crippen molar-refractivity contribution in [3.8, 4) is 0 Å². The Bertz CT molecular complexity index is 354. The van der Waals surface area contributed by atoms with Gasteiger partial charge in [-0.05, 0) is 46.5 Å². The summed E-state index contributed by atoms with van der Waals surface area (Å²) in [5, 5.41) is 0. The Hall–Kier alpha value is -0.770. The van der Waals surface area contributed by atoms with Gasteiger partial charge in [-0.2, -0.15) is 0 Å². The summed E-state index contributed by atoms with van der Waals surface area (Å²) in [7, 11) is 0. The van der Waals surface area contributed by atoms with Crippen molar-refractivity contribution in [2.45, 2.75) is 104 Å². The summed E-state index contributed by atoms with van der Waals surface area (Å²) >= 11 is 0. The Labute approximate surface area is 149 Å². The molecule has 0 aromatic rings. The number of piperidine rings is 1. The maximum absolute atomic E-state index is 12.2. The average Bonchev–Trinajstić information content (AvgIpc) is 2.51. The topological polar surface area (TPSA) is 38.8 Å². The van der Waals surface area contributed by atoms with Crippen LogP contribution in [0.15, 0.2) is 0 Å². The summed E-state index contributed by atoms with van der Waals surface area (Å²) in [6.07, 6.45) is 10.1. The highest BCUT2D eigenvalue weighted by Gasteiger charge is 2.37. The van der Waals surface area contributed by atoms with Crippen LogP contribution in [-0.4, -0.2) is 41.9 Å². The van der Waals surface area contributed by atoms with Gasteiger partial charge in [-0.15, -0.1) is 0 Å². The Balaban J connectivity index is 2.53. The molecule has 4 heteroatoms. The Morgan fingerprint density at radius 3 is 2.12 bits per heavy atom. The lowest BCUT2D eigenvalue weighted by molar-refractivity contribution is -0.0914. The number of carbonyl (C=O) groups is 1. The molecular weight excluding hydrogens is 302 g/mol. The fourth-order valence-corrected chi connectivity index (χ4v) is 3.23. The summed E-state index contributed by atoms with van der Waals surface area (Å²) < 4.78 is 11.9. The van der Waals surface area contributed by atoms with E-state index in [1.807, 2.05) is 25.7 Å². The normalized spacial score (nSPS) is 17.8. The van der Waals surface area contributed by atoms with Gasteiger partial charge >= 0.3 is 6.09 Å². The second kappa shape index (κ2) is 10.3. The van der Waals surface area contributed by atoms with Gasteiger partial charge in [-0.25, -0.2) is 4.79 Å². The van der Waals surface area contributed by atoms with Gasteiger partial charge in [0.1, 0.15) is 5.60 Å². The lowest BCUT2D eigenvalue weighted by Gasteiger charge is -2.42.